The second-order valence-electron chi connectivity index (χ2n) is 19.1. The molecule has 0 aromatic heterocycles. The van der Waals surface area contributed by atoms with Gasteiger partial charge < -0.3 is 46.7 Å². The molecule has 0 aliphatic heterocycles. The van der Waals surface area contributed by atoms with E-state index in [4.69, 9.17) is 46.7 Å². The Balaban J connectivity index is 2.76. The molecule has 0 saturated heterocycles. The fourth-order valence-corrected chi connectivity index (χ4v) is 9.41. The molecule has 0 radical (unpaired) electrons. The van der Waals surface area contributed by atoms with Crippen molar-refractivity contribution < 1.29 is 56.3 Å². The van der Waals surface area contributed by atoms with E-state index < -0.39 is 77.4 Å². The first-order valence-corrected chi connectivity index (χ1v) is 28.3. The van der Waals surface area contributed by atoms with Crippen LogP contribution in [-0.4, -0.2) is 107 Å². The second kappa shape index (κ2) is 27.6. The Morgan fingerprint density at radius 2 is 0.844 bits per heavy atom. The monoisotopic (exact) mass is 931 g/mol. The molecule has 0 N–H and O–H groups in total. The lowest BCUT2D eigenvalue weighted by Gasteiger charge is -2.46. The normalized spacial score (nSPS) is 16.8. The van der Waals surface area contributed by atoms with Crippen molar-refractivity contribution in [2.45, 2.75) is 166 Å². The molecule has 0 spiro atoms. The Morgan fingerprint density at radius 1 is 0.531 bits per heavy atom. The van der Waals surface area contributed by atoms with Crippen LogP contribution in [0.15, 0.2) is 85.0 Å². The molecule has 2 rings (SSSR count). The summed E-state index contributed by atoms with van der Waals surface area (Å²) in [5.74, 6) is -1.07. The first kappa shape index (κ1) is 57.1. The highest BCUT2D eigenvalue weighted by Crippen LogP contribution is 2.42. The Morgan fingerprint density at radius 3 is 1.11 bits per heavy atom. The number of ether oxygens (including phenoxy) is 8. The quantitative estimate of drug-likeness (QED) is 0.0333. The SMILES string of the molecule is C/C=C/[C@@H](OCOC)[C@@H](CC[C@@H](O[Si](C)(C)C(C)(C)C)[C@@H](CC[C@@H](OC(=O)C(OC)c1ccccc1)[C@@H](/C=C/C)OCOC)O[Si](C)(C)C(C)(C)C)OC(=O)C(OC)c1ccccc1. The fourth-order valence-electron chi connectivity index (χ4n) is 6.65. The molecule has 0 heterocycles. The second-order valence-corrected chi connectivity index (χ2v) is 28.6. The number of hydrogen-bond acceptors (Lipinski definition) is 12. The topological polar surface area (TPSA) is 126 Å². The van der Waals surface area contributed by atoms with Gasteiger partial charge in [-0.3, -0.25) is 0 Å². The van der Waals surface area contributed by atoms with Crippen molar-refractivity contribution in [1.82, 2.24) is 0 Å². The molecule has 0 saturated carbocycles. The highest BCUT2D eigenvalue weighted by atomic mass is 28.4. The molecule has 0 bridgehead atoms. The summed E-state index contributed by atoms with van der Waals surface area (Å²) in [5, 5.41) is -0.296. The lowest BCUT2D eigenvalue weighted by Crippen LogP contribution is -2.52. The average Bonchev–Trinajstić information content (AvgIpc) is 3.23. The summed E-state index contributed by atoms with van der Waals surface area (Å²) < 4.78 is 62.0. The van der Waals surface area contributed by atoms with E-state index in [0.29, 0.717) is 36.8 Å². The number of esters is 2. The third-order valence-corrected chi connectivity index (χ3v) is 21.3. The van der Waals surface area contributed by atoms with Crippen LogP contribution >= 0.6 is 0 Å². The van der Waals surface area contributed by atoms with Crippen LogP contribution in [0.1, 0.15) is 104 Å². The van der Waals surface area contributed by atoms with Gasteiger partial charge in [0, 0.05) is 28.4 Å². The molecule has 2 unspecified atom stereocenters. The first-order valence-electron chi connectivity index (χ1n) is 22.5. The zero-order chi connectivity index (χ0) is 48.1. The van der Waals surface area contributed by atoms with Gasteiger partial charge in [-0.15, -0.1) is 0 Å². The minimum absolute atomic E-state index is 0.0106. The van der Waals surface area contributed by atoms with Gasteiger partial charge in [0.15, 0.2) is 28.8 Å². The van der Waals surface area contributed by atoms with E-state index in [1.807, 2.05) is 98.8 Å². The molecule has 12 nitrogen and oxygen atoms in total. The highest BCUT2D eigenvalue weighted by molar-refractivity contribution is 6.74. The van der Waals surface area contributed by atoms with Gasteiger partial charge >= 0.3 is 11.9 Å². The number of rotatable bonds is 29. The first-order chi connectivity index (χ1) is 30.1. The van der Waals surface area contributed by atoms with Crippen molar-refractivity contribution >= 4 is 28.6 Å². The molecule has 0 amide bonds. The van der Waals surface area contributed by atoms with E-state index in [1.165, 1.54) is 14.2 Å². The lowest BCUT2D eigenvalue weighted by molar-refractivity contribution is -0.174. The number of allylic oxidation sites excluding steroid dienone is 2. The third kappa shape index (κ3) is 18.0. The standard InChI is InChI=1S/C50H82O12Si2/c1-17-25-39(57-35-53-9)41(59-47(51)45(55-11)37-27-21-19-22-28-37)31-33-43(61-63(13,14)49(3,4)5)44(62-64(15,16)50(6,7)8)34-32-42(40(26-18-2)58-36-54-10)60-48(52)46(56-12)38-29-23-20-24-30-38/h17-30,39-46H,31-36H2,1-16H3/b25-17+,26-18+/t39-,40-,41-,42-,43-,44-,45?,46?/m1/s1. The predicted molar refractivity (Wildman–Crippen MR) is 258 cm³/mol. The minimum atomic E-state index is -2.49. The van der Waals surface area contributed by atoms with Crippen LogP contribution in [0.2, 0.25) is 36.3 Å². The summed E-state index contributed by atoms with van der Waals surface area (Å²) in [6.07, 6.45) is 3.48. The Hall–Kier alpha value is -3.03. The van der Waals surface area contributed by atoms with Gasteiger partial charge in [-0.25, -0.2) is 9.59 Å². The van der Waals surface area contributed by atoms with E-state index in [1.54, 1.807) is 14.2 Å². The van der Waals surface area contributed by atoms with E-state index in [2.05, 4.69) is 67.7 Å². The lowest BCUT2D eigenvalue weighted by atomic mass is 9.97. The van der Waals surface area contributed by atoms with Gasteiger partial charge in [0.25, 0.3) is 0 Å². The van der Waals surface area contributed by atoms with Crippen LogP contribution in [0.4, 0.5) is 0 Å². The predicted octanol–water partition coefficient (Wildman–Crippen LogP) is 11.1. The molecule has 0 aliphatic rings. The van der Waals surface area contributed by atoms with Crippen LogP contribution in [0.25, 0.3) is 0 Å². The summed E-state index contributed by atoms with van der Waals surface area (Å²) >= 11 is 0. The maximum Gasteiger partial charge on any atom is 0.340 e. The number of methoxy groups -OCH3 is 4. The smallest absolute Gasteiger partial charge is 0.340 e. The largest absolute Gasteiger partial charge is 0.457 e. The van der Waals surface area contributed by atoms with E-state index >= 15 is 0 Å². The van der Waals surface area contributed by atoms with Gasteiger partial charge in [-0.05, 0) is 86.9 Å². The maximum atomic E-state index is 14.0. The molecule has 2 aromatic rings. The molecule has 0 fully saturated rings. The molecule has 0 aliphatic carbocycles. The zero-order valence-corrected chi connectivity index (χ0v) is 43.8. The molecule has 64 heavy (non-hydrogen) atoms. The number of hydrogen-bond donors (Lipinski definition) is 0. The van der Waals surface area contributed by atoms with Gasteiger partial charge in [0.2, 0.25) is 0 Å². The van der Waals surface area contributed by atoms with Crippen LogP contribution in [-0.2, 0) is 56.3 Å². The van der Waals surface area contributed by atoms with Gasteiger partial charge in [0.1, 0.15) is 38.0 Å². The minimum Gasteiger partial charge on any atom is -0.457 e. The van der Waals surface area contributed by atoms with Crippen LogP contribution in [0.3, 0.4) is 0 Å². The van der Waals surface area contributed by atoms with Crippen LogP contribution in [0, 0.1) is 0 Å². The maximum absolute atomic E-state index is 14.0. The van der Waals surface area contributed by atoms with Crippen molar-refractivity contribution in [1.29, 1.82) is 0 Å². The Labute approximate surface area is 387 Å². The van der Waals surface area contributed by atoms with Crippen LogP contribution in [0.5, 0.6) is 0 Å². The summed E-state index contributed by atoms with van der Waals surface area (Å²) in [4.78, 5) is 28.1. The van der Waals surface area contributed by atoms with E-state index in [0.717, 1.165) is 0 Å². The molecule has 8 atom stereocenters. The number of carbonyl (C=O) groups is 2. The summed E-state index contributed by atoms with van der Waals surface area (Å²) in [5.41, 5.74) is 1.36. The van der Waals surface area contributed by atoms with Crippen molar-refractivity contribution in [2.24, 2.45) is 0 Å². The average molecular weight is 931 g/mol. The van der Waals surface area contributed by atoms with Crippen molar-refractivity contribution in [2.75, 3.05) is 42.0 Å². The van der Waals surface area contributed by atoms with Crippen molar-refractivity contribution in [3.8, 4) is 0 Å². The third-order valence-electron chi connectivity index (χ3n) is 12.3. The van der Waals surface area contributed by atoms with Gasteiger partial charge in [-0.2, -0.15) is 0 Å². The molecule has 14 heteroatoms. The van der Waals surface area contributed by atoms with E-state index in [9.17, 15) is 9.59 Å². The number of carbonyl (C=O) groups excluding carboxylic acids is 2. The van der Waals surface area contributed by atoms with Gasteiger partial charge in [-0.1, -0.05) is 127 Å². The highest BCUT2D eigenvalue weighted by Gasteiger charge is 2.46. The molecular formula is C50H82O12Si2. The van der Waals surface area contributed by atoms with Crippen LogP contribution < -0.4 is 0 Å². The van der Waals surface area contributed by atoms with Gasteiger partial charge in [0.05, 0.1) is 12.2 Å². The van der Waals surface area contributed by atoms with Crippen molar-refractivity contribution in [3.63, 3.8) is 0 Å². The van der Waals surface area contributed by atoms with E-state index in [-0.39, 0.29) is 23.7 Å². The molecule has 2 aromatic carbocycles. The number of benzene rings is 2. The fraction of sp³-hybridized carbons (Fsp3) is 0.640. The molecular weight excluding hydrogens is 849 g/mol. The summed E-state index contributed by atoms with van der Waals surface area (Å²) in [7, 11) is 1.11. The summed E-state index contributed by atoms with van der Waals surface area (Å²) in [6.45, 7) is 26.0. The summed E-state index contributed by atoms with van der Waals surface area (Å²) in [6, 6.07) is 18.6. The Bertz CT molecular complexity index is 1550. The Kier molecular flexibility index (Phi) is 24.6. The molecule has 362 valence electrons. The zero-order valence-electron chi connectivity index (χ0n) is 41.8. The van der Waals surface area contributed by atoms with Crippen molar-refractivity contribution in [3.05, 3.63) is 96.1 Å².